The van der Waals surface area contributed by atoms with E-state index in [0.29, 0.717) is 12.8 Å². The Morgan fingerprint density at radius 3 is 2.89 bits per heavy atom. The van der Waals surface area contributed by atoms with Crippen LogP contribution in [0.3, 0.4) is 0 Å². The zero-order valence-corrected chi connectivity index (χ0v) is 14.5. The Kier molecular flexibility index (Phi) is 6.43. The Bertz CT molecular complexity index is 382. The number of rotatable bonds is 6. The number of halogens is 2. The van der Waals surface area contributed by atoms with E-state index in [1.807, 2.05) is 6.92 Å². The number of terminal acetylenes is 1. The second-order valence-electron chi connectivity index (χ2n) is 4.96. The van der Waals surface area contributed by atoms with Crippen LogP contribution in [0.25, 0.3) is 0 Å². The summed E-state index contributed by atoms with van der Waals surface area (Å²) in [5.41, 5.74) is -0.917. The highest BCUT2D eigenvalue weighted by molar-refractivity contribution is 14.1. The normalized spacial score (nSPS) is 26.3. The molecular weight excluding hydrogens is 403 g/mol. The first-order valence-corrected chi connectivity index (χ1v) is 8.23. The maximum absolute atomic E-state index is 10.2. The molecule has 0 amide bonds. The summed E-state index contributed by atoms with van der Waals surface area (Å²) >= 11 is 6.17. The molecule has 0 aliphatic heterocycles. The van der Waals surface area contributed by atoms with E-state index in [9.17, 15) is 5.11 Å². The fraction of sp³-hybridized carbons (Fsp3) is 0.600. The minimum absolute atomic E-state index is 0.0417. The molecular formula is C15H20BrIO. The molecule has 1 nitrogen and oxygen atoms in total. The van der Waals surface area contributed by atoms with Crippen LogP contribution < -0.4 is 0 Å². The topological polar surface area (TPSA) is 20.2 Å². The fourth-order valence-corrected chi connectivity index (χ4v) is 4.40. The van der Waals surface area contributed by atoms with Crippen molar-refractivity contribution in [2.24, 2.45) is 0 Å². The Labute approximate surface area is 132 Å². The van der Waals surface area contributed by atoms with E-state index in [0.717, 1.165) is 25.7 Å². The average Bonchev–Trinajstić information content (AvgIpc) is 2.28. The second-order valence-corrected chi connectivity index (χ2v) is 7.93. The van der Waals surface area contributed by atoms with Gasteiger partial charge in [0.15, 0.2) is 0 Å². The van der Waals surface area contributed by atoms with Crippen LogP contribution >= 0.6 is 38.5 Å². The van der Waals surface area contributed by atoms with Gasteiger partial charge in [0, 0.05) is 4.32 Å². The third-order valence-electron chi connectivity index (χ3n) is 3.25. The molecule has 3 heteroatoms. The van der Waals surface area contributed by atoms with E-state index in [1.165, 1.54) is 3.58 Å². The van der Waals surface area contributed by atoms with Gasteiger partial charge in [-0.3, -0.25) is 0 Å². The molecule has 0 fully saturated rings. The van der Waals surface area contributed by atoms with Gasteiger partial charge in [-0.1, -0.05) is 53.4 Å². The summed E-state index contributed by atoms with van der Waals surface area (Å²) < 4.78 is 1.40. The number of allylic oxidation sites excluding steroid dienone is 4. The van der Waals surface area contributed by atoms with Crippen molar-refractivity contribution in [3.63, 3.8) is 0 Å². The average molecular weight is 423 g/mol. The molecule has 0 aromatic rings. The van der Waals surface area contributed by atoms with Crippen molar-refractivity contribution < 1.29 is 5.11 Å². The van der Waals surface area contributed by atoms with Gasteiger partial charge in [-0.25, -0.2) is 0 Å². The lowest BCUT2D eigenvalue weighted by molar-refractivity contribution is 0.0784. The molecule has 0 spiro atoms. The molecule has 1 rings (SSSR count). The molecule has 1 aliphatic carbocycles. The van der Waals surface area contributed by atoms with Crippen molar-refractivity contribution in [2.75, 3.05) is 0 Å². The van der Waals surface area contributed by atoms with Gasteiger partial charge in [0.05, 0.1) is 0 Å². The lowest BCUT2D eigenvalue weighted by Crippen LogP contribution is -2.27. The van der Waals surface area contributed by atoms with E-state index in [4.69, 9.17) is 6.42 Å². The molecule has 18 heavy (non-hydrogen) atoms. The van der Waals surface area contributed by atoms with Crippen molar-refractivity contribution >= 4 is 38.5 Å². The number of hydrogen-bond acceptors (Lipinski definition) is 1. The van der Waals surface area contributed by atoms with Gasteiger partial charge in [0.2, 0.25) is 0 Å². The SMILES string of the molecule is C#CC(O)(CCC)CCCC1(Br)C=CC=C(I)C1. The molecule has 0 heterocycles. The molecule has 100 valence electrons. The van der Waals surface area contributed by atoms with E-state index in [1.54, 1.807) is 0 Å². The summed E-state index contributed by atoms with van der Waals surface area (Å²) in [5.74, 6) is 2.55. The molecule has 1 aliphatic rings. The summed E-state index contributed by atoms with van der Waals surface area (Å²) in [5, 5.41) is 10.2. The van der Waals surface area contributed by atoms with E-state index >= 15 is 0 Å². The van der Waals surface area contributed by atoms with Crippen LogP contribution in [0.5, 0.6) is 0 Å². The van der Waals surface area contributed by atoms with Crippen molar-refractivity contribution in [2.45, 2.75) is 55.4 Å². The summed E-state index contributed by atoms with van der Waals surface area (Å²) in [6, 6.07) is 0. The first-order valence-electron chi connectivity index (χ1n) is 6.36. The van der Waals surface area contributed by atoms with E-state index in [-0.39, 0.29) is 4.32 Å². The minimum Gasteiger partial charge on any atom is -0.378 e. The highest BCUT2D eigenvalue weighted by atomic mass is 127. The van der Waals surface area contributed by atoms with Gasteiger partial charge in [-0.2, -0.15) is 0 Å². The molecule has 0 radical (unpaired) electrons. The van der Waals surface area contributed by atoms with Crippen LogP contribution in [0.2, 0.25) is 0 Å². The zero-order valence-electron chi connectivity index (χ0n) is 10.8. The Morgan fingerprint density at radius 1 is 1.61 bits per heavy atom. The zero-order chi connectivity index (χ0) is 13.6. The molecule has 0 saturated heterocycles. The van der Waals surface area contributed by atoms with Crippen molar-refractivity contribution in [3.05, 3.63) is 21.8 Å². The Hall–Kier alpha value is 0.210. The first kappa shape index (κ1) is 16.3. The molecule has 0 saturated carbocycles. The van der Waals surface area contributed by atoms with E-state index < -0.39 is 5.60 Å². The van der Waals surface area contributed by atoms with Crippen LogP contribution in [0.4, 0.5) is 0 Å². The summed E-state index contributed by atoms with van der Waals surface area (Å²) in [4.78, 5) is 0. The van der Waals surface area contributed by atoms with Crippen LogP contribution in [-0.2, 0) is 0 Å². The predicted molar refractivity (Wildman–Crippen MR) is 90.1 cm³/mol. The van der Waals surface area contributed by atoms with Gasteiger partial charge >= 0.3 is 0 Å². The summed E-state index contributed by atoms with van der Waals surface area (Å²) in [7, 11) is 0. The number of hydrogen-bond donors (Lipinski definition) is 1. The van der Waals surface area contributed by atoms with Gasteiger partial charge in [-0.05, 0) is 58.3 Å². The molecule has 0 aromatic carbocycles. The number of aliphatic hydroxyl groups is 1. The van der Waals surface area contributed by atoms with Crippen LogP contribution in [0, 0.1) is 12.3 Å². The molecule has 0 bridgehead atoms. The third kappa shape index (κ3) is 5.07. The maximum atomic E-state index is 10.2. The standard InChI is InChI=1S/C15H20BrIO/c1-3-8-15(18,4-2)11-6-10-14(16)9-5-7-13(17)12-14/h2,5,7,9,18H,3,6,8,10-12H2,1H3. The number of alkyl halides is 1. The van der Waals surface area contributed by atoms with Gasteiger partial charge in [-0.15, -0.1) is 6.42 Å². The maximum Gasteiger partial charge on any atom is 0.125 e. The van der Waals surface area contributed by atoms with Gasteiger partial charge in [0.1, 0.15) is 5.60 Å². The minimum atomic E-state index is -0.917. The third-order valence-corrected chi connectivity index (χ3v) is 4.93. The monoisotopic (exact) mass is 422 g/mol. The quantitative estimate of drug-likeness (QED) is 0.372. The van der Waals surface area contributed by atoms with Crippen molar-refractivity contribution in [3.8, 4) is 12.3 Å². The van der Waals surface area contributed by atoms with Gasteiger partial charge < -0.3 is 5.11 Å². The van der Waals surface area contributed by atoms with Crippen LogP contribution in [0.1, 0.15) is 45.4 Å². The summed E-state index contributed by atoms with van der Waals surface area (Å²) in [6.07, 6.45) is 17.1. The van der Waals surface area contributed by atoms with Crippen molar-refractivity contribution in [1.82, 2.24) is 0 Å². The highest BCUT2D eigenvalue weighted by Crippen LogP contribution is 2.38. The van der Waals surface area contributed by atoms with Crippen LogP contribution in [0.15, 0.2) is 21.8 Å². The van der Waals surface area contributed by atoms with Crippen molar-refractivity contribution in [1.29, 1.82) is 0 Å². The van der Waals surface area contributed by atoms with Crippen LogP contribution in [-0.4, -0.2) is 15.0 Å². The smallest absolute Gasteiger partial charge is 0.125 e. The lowest BCUT2D eigenvalue weighted by Gasteiger charge is -2.28. The summed E-state index contributed by atoms with van der Waals surface area (Å²) in [6.45, 7) is 2.05. The predicted octanol–water partition coefficient (Wildman–Crippen LogP) is 4.73. The Morgan fingerprint density at radius 2 is 2.33 bits per heavy atom. The molecule has 2 atom stereocenters. The largest absolute Gasteiger partial charge is 0.378 e. The second kappa shape index (κ2) is 7.12. The Balaban J connectivity index is 2.45. The molecule has 1 N–H and O–H groups in total. The fourth-order valence-electron chi connectivity index (χ4n) is 2.25. The van der Waals surface area contributed by atoms with Gasteiger partial charge in [0.25, 0.3) is 0 Å². The highest BCUT2D eigenvalue weighted by Gasteiger charge is 2.28. The van der Waals surface area contributed by atoms with E-state index in [2.05, 4.69) is 62.7 Å². The molecule has 0 aromatic heterocycles. The lowest BCUT2D eigenvalue weighted by atomic mass is 9.88. The first-order chi connectivity index (χ1) is 8.43. The molecule has 2 unspecified atom stereocenters.